The Hall–Kier alpha value is -2.23. The molecule has 2 aromatic rings. The van der Waals surface area contributed by atoms with Crippen molar-refractivity contribution in [2.24, 2.45) is 5.73 Å². The number of carbonyl (C=O) groups excluding carboxylic acids is 1. The number of nitrogens with two attached hydrogens (primary N) is 1. The molecule has 0 aliphatic carbocycles. The molecule has 3 N–H and O–H groups in total. The fourth-order valence-electron chi connectivity index (χ4n) is 1.50. The van der Waals surface area contributed by atoms with Crippen LogP contribution in [0.1, 0.15) is 26.6 Å². The zero-order valence-electron chi connectivity index (χ0n) is 11.0. The monoisotopic (exact) mass is 286 g/mol. The molecule has 2 heterocycles. The molecule has 5 nitrogen and oxygen atoms in total. The number of thiazole rings is 1. The van der Waals surface area contributed by atoms with Gasteiger partial charge in [-0.3, -0.25) is 4.79 Å². The minimum Gasteiger partial charge on any atom is -0.346 e. The Kier molecular flexibility index (Phi) is 4.82. The average Bonchev–Trinajstić information content (AvgIpc) is 2.88. The Balaban J connectivity index is 1.97. The second-order valence-electron chi connectivity index (χ2n) is 3.98. The van der Waals surface area contributed by atoms with Gasteiger partial charge < -0.3 is 11.1 Å². The minimum absolute atomic E-state index is 0.212. The molecular formula is C14H14N4OS. The number of hydrogen-bond acceptors (Lipinski definition) is 5. The van der Waals surface area contributed by atoms with Gasteiger partial charge in [0.15, 0.2) is 0 Å². The normalized spacial score (nSPS) is 9.70. The van der Waals surface area contributed by atoms with Crippen LogP contribution >= 0.6 is 11.3 Å². The van der Waals surface area contributed by atoms with E-state index in [4.69, 9.17) is 5.73 Å². The molecule has 0 spiro atoms. The van der Waals surface area contributed by atoms with Crippen LogP contribution < -0.4 is 11.1 Å². The topological polar surface area (TPSA) is 80.9 Å². The van der Waals surface area contributed by atoms with E-state index in [1.807, 2.05) is 6.92 Å². The van der Waals surface area contributed by atoms with Crippen molar-refractivity contribution >= 4 is 17.2 Å². The van der Waals surface area contributed by atoms with E-state index in [0.717, 1.165) is 16.1 Å². The lowest BCUT2D eigenvalue weighted by Crippen LogP contribution is -2.23. The van der Waals surface area contributed by atoms with E-state index in [0.29, 0.717) is 18.8 Å². The Labute approximate surface area is 121 Å². The van der Waals surface area contributed by atoms with Crippen LogP contribution in [0.15, 0.2) is 23.8 Å². The fourth-order valence-corrected chi connectivity index (χ4v) is 2.22. The van der Waals surface area contributed by atoms with Gasteiger partial charge in [0, 0.05) is 16.6 Å². The Morgan fingerprint density at radius 2 is 2.30 bits per heavy atom. The number of aryl methyl sites for hydroxylation is 1. The maximum Gasteiger partial charge on any atom is 0.270 e. The third-order valence-corrected chi connectivity index (χ3v) is 3.52. The van der Waals surface area contributed by atoms with Crippen molar-refractivity contribution in [3.05, 3.63) is 45.7 Å². The molecule has 20 heavy (non-hydrogen) atoms. The minimum atomic E-state index is -0.212. The number of amides is 1. The van der Waals surface area contributed by atoms with Gasteiger partial charge in [-0.2, -0.15) is 0 Å². The summed E-state index contributed by atoms with van der Waals surface area (Å²) in [4.78, 5) is 21.2. The number of aromatic nitrogens is 2. The van der Waals surface area contributed by atoms with Crippen LogP contribution in [0.2, 0.25) is 0 Å². The molecule has 0 bridgehead atoms. The van der Waals surface area contributed by atoms with Gasteiger partial charge in [-0.1, -0.05) is 11.8 Å². The van der Waals surface area contributed by atoms with Crippen LogP contribution in [0, 0.1) is 18.8 Å². The summed E-state index contributed by atoms with van der Waals surface area (Å²) in [6.45, 7) is 2.68. The van der Waals surface area contributed by atoms with Crippen LogP contribution in [0.4, 0.5) is 0 Å². The molecule has 0 saturated carbocycles. The molecule has 0 fully saturated rings. The molecule has 102 valence electrons. The lowest BCUT2D eigenvalue weighted by molar-refractivity contribution is 0.0946. The summed E-state index contributed by atoms with van der Waals surface area (Å²) < 4.78 is 0. The first kappa shape index (κ1) is 14.2. The zero-order valence-corrected chi connectivity index (χ0v) is 11.8. The van der Waals surface area contributed by atoms with Gasteiger partial charge >= 0.3 is 0 Å². The van der Waals surface area contributed by atoms with Crippen LogP contribution in [0.5, 0.6) is 0 Å². The van der Waals surface area contributed by atoms with Gasteiger partial charge in [0.1, 0.15) is 5.69 Å². The van der Waals surface area contributed by atoms with Crippen molar-refractivity contribution in [2.45, 2.75) is 13.5 Å². The van der Waals surface area contributed by atoms with Crippen molar-refractivity contribution in [3.63, 3.8) is 0 Å². The molecular weight excluding hydrogens is 272 g/mol. The van der Waals surface area contributed by atoms with Crippen molar-refractivity contribution < 1.29 is 4.79 Å². The van der Waals surface area contributed by atoms with Gasteiger partial charge in [-0.05, 0) is 19.1 Å². The van der Waals surface area contributed by atoms with Crippen LogP contribution in [0.25, 0.3) is 0 Å². The molecule has 0 atom stereocenters. The van der Waals surface area contributed by atoms with Crippen molar-refractivity contribution in [1.82, 2.24) is 15.3 Å². The Bertz CT molecular complexity index is 652. The quantitative estimate of drug-likeness (QED) is 0.828. The molecule has 0 unspecified atom stereocenters. The summed E-state index contributed by atoms with van der Waals surface area (Å²) in [7, 11) is 0. The van der Waals surface area contributed by atoms with Crippen LogP contribution in [0.3, 0.4) is 0 Å². The highest BCUT2D eigenvalue weighted by molar-refractivity contribution is 7.09. The third kappa shape index (κ3) is 3.63. The molecule has 2 aromatic heterocycles. The number of pyridine rings is 1. The summed E-state index contributed by atoms with van der Waals surface area (Å²) in [6, 6.07) is 3.40. The molecule has 2 rings (SSSR count). The molecule has 0 saturated heterocycles. The maximum atomic E-state index is 11.9. The molecule has 1 amide bonds. The van der Waals surface area contributed by atoms with Gasteiger partial charge in [-0.15, -0.1) is 11.3 Å². The van der Waals surface area contributed by atoms with Gasteiger partial charge in [0.05, 0.1) is 24.3 Å². The first-order valence-corrected chi connectivity index (χ1v) is 6.91. The van der Waals surface area contributed by atoms with E-state index in [9.17, 15) is 4.79 Å². The number of nitrogens with zero attached hydrogens (tertiary/aromatic N) is 2. The Morgan fingerprint density at radius 1 is 1.45 bits per heavy atom. The predicted molar refractivity (Wildman–Crippen MR) is 78.2 cm³/mol. The first-order chi connectivity index (χ1) is 9.70. The van der Waals surface area contributed by atoms with E-state index in [2.05, 4.69) is 27.1 Å². The largest absolute Gasteiger partial charge is 0.346 e. The fraction of sp³-hybridized carbons (Fsp3) is 0.214. The first-order valence-electron chi connectivity index (χ1n) is 6.03. The predicted octanol–water partition coefficient (Wildman–Crippen LogP) is 1.09. The summed E-state index contributed by atoms with van der Waals surface area (Å²) in [5.74, 6) is 5.38. The van der Waals surface area contributed by atoms with Crippen molar-refractivity contribution in [3.8, 4) is 11.8 Å². The van der Waals surface area contributed by atoms with Crippen LogP contribution in [-0.2, 0) is 6.54 Å². The van der Waals surface area contributed by atoms with Gasteiger partial charge in [0.2, 0.25) is 0 Å². The van der Waals surface area contributed by atoms with E-state index in [1.54, 1.807) is 23.8 Å². The second kappa shape index (κ2) is 6.80. The number of rotatable bonds is 3. The summed E-state index contributed by atoms with van der Waals surface area (Å²) >= 11 is 1.52. The number of carbonyl (C=O) groups is 1. The standard InChI is InChI=1S/C14H14N4OS/c1-10-13(20-9-18-10)8-17-14(19)12-5-4-11(7-16-12)3-2-6-15/h4-5,7,9H,6,8,15H2,1H3,(H,17,19). The zero-order chi connectivity index (χ0) is 14.4. The highest BCUT2D eigenvalue weighted by atomic mass is 32.1. The number of hydrogen-bond donors (Lipinski definition) is 2. The summed E-state index contributed by atoms with van der Waals surface area (Å²) in [6.07, 6.45) is 1.57. The van der Waals surface area contributed by atoms with E-state index in [1.165, 1.54) is 11.3 Å². The van der Waals surface area contributed by atoms with Gasteiger partial charge in [-0.25, -0.2) is 9.97 Å². The van der Waals surface area contributed by atoms with Crippen LogP contribution in [-0.4, -0.2) is 22.4 Å². The molecule has 6 heteroatoms. The smallest absolute Gasteiger partial charge is 0.270 e. The second-order valence-corrected chi connectivity index (χ2v) is 4.92. The third-order valence-electron chi connectivity index (χ3n) is 2.59. The SMILES string of the molecule is Cc1ncsc1CNC(=O)c1ccc(C#CCN)cn1. The van der Waals surface area contributed by atoms with Gasteiger partial charge in [0.25, 0.3) is 5.91 Å². The molecule has 0 radical (unpaired) electrons. The molecule has 0 aromatic carbocycles. The number of nitrogens with one attached hydrogen (secondary N) is 1. The lowest BCUT2D eigenvalue weighted by Gasteiger charge is -2.03. The summed E-state index contributed by atoms with van der Waals surface area (Å²) in [5.41, 5.74) is 9.10. The average molecular weight is 286 g/mol. The van der Waals surface area contributed by atoms with E-state index < -0.39 is 0 Å². The Morgan fingerprint density at radius 3 is 2.90 bits per heavy atom. The highest BCUT2D eigenvalue weighted by Crippen LogP contribution is 2.11. The highest BCUT2D eigenvalue weighted by Gasteiger charge is 2.08. The van der Waals surface area contributed by atoms with Crippen molar-refractivity contribution in [1.29, 1.82) is 0 Å². The van der Waals surface area contributed by atoms with E-state index in [-0.39, 0.29) is 5.91 Å². The van der Waals surface area contributed by atoms with E-state index >= 15 is 0 Å². The molecule has 0 aliphatic heterocycles. The summed E-state index contributed by atoms with van der Waals surface area (Å²) in [5, 5.41) is 2.82. The maximum absolute atomic E-state index is 11.9. The van der Waals surface area contributed by atoms with Crippen molar-refractivity contribution in [2.75, 3.05) is 6.54 Å². The molecule has 0 aliphatic rings. The lowest BCUT2D eigenvalue weighted by atomic mass is 10.2.